The molecule has 0 saturated heterocycles. The molecule has 0 fully saturated rings. The van der Waals surface area contributed by atoms with Gasteiger partial charge in [-0.3, -0.25) is 4.79 Å². The number of fused-ring (bicyclic) bond motifs is 3. The van der Waals surface area contributed by atoms with Crippen molar-refractivity contribution in [2.75, 3.05) is 0 Å². The Hall–Kier alpha value is -3.24. The summed E-state index contributed by atoms with van der Waals surface area (Å²) < 4.78 is 1.86. The van der Waals surface area contributed by atoms with Crippen molar-refractivity contribution < 1.29 is 4.79 Å². The van der Waals surface area contributed by atoms with Crippen molar-refractivity contribution >= 4 is 29.1 Å². The summed E-state index contributed by atoms with van der Waals surface area (Å²) in [7, 11) is 0. The highest BCUT2D eigenvalue weighted by molar-refractivity contribution is 6.30. The largest absolute Gasteiger partial charge is 0.294 e. The van der Waals surface area contributed by atoms with Gasteiger partial charge in [0.2, 0.25) is 0 Å². The Bertz CT molecular complexity index is 1270. The zero-order valence-corrected chi connectivity index (χ0v) is 17.3. The molecule has 2 heterocycles. The smallest absolute Gasteiger partial charge is 0.166 e. The van der Waals surface area contributed by atoms with Gasteiger partial charge in [-0.25, -0.2) is 9.50 Å². The Labute approximate surface area is 179 Å². The Morgan fingerprint density at radius 3 is 2.60 bits per heavy atom. The predicted molar refractivity (Wildman–Crippen MR) is 120 cm³/mol. The molecule has 2 aromatic carbocycles. The molecule has 0 bridgehead atoms. The predicted octanol–water partition coefficient (Wildman–Crippen LogP) is 5.82. The molecule has 0 spiro atoms. The van der Waals surface area contributed by atoms with Gasteiger partial charge in [-0.15, -0.1) is 0 Å². The molecule has 0 saturated carbocycles. The van der Waals surface area contributed by atoms with Crippen LogP contribution in [0.3, 0.4) is 0 Å². The van der Waals surface area contributed by atoms with Gasteiger partial charge in [0.25, 0.3) is 0 Å². The number of rotatable bonds is 3. The molecular formula is C25H20ClN3O. The average molecular weight is 414 g/mol. The van der Waals surface area contributed by atoms with E-state index in [1.807, 2.05) is 53.9 Å². The number of allylic oxidation sites excluding steroid dienone is 1. The molecule has 148 valence electrons. The quantitative estimate of drug-likeness (QED) is 0.425. The van der Waals surface area contributed by atoms with E-state index in [2.05, 4.69) is 29.3 Å². The monoisotopic (exact) mass is 413 g/mol. The maximum Gasteiger partial charge on any atom is 0.166 e. The van der Waals surface area contributed by atoms with Crippen LogP contribution in [0.15, 0.2) is 66.9 Å². The minimum Gasteiger partial charge on any atom is -0.294 e. The third-order valence-corrected chi connectivity index (χ3v) is 5.87. The molecule has 0 radical (unpaired) electrons. The fourth-order valence-corrected chi connectivity index (χ4v) is 4.26. The summed E-state index contributed by atoms with van der Waals surface area (Å²) in [6.45, 7) is 1.97. The van der Waals surface area contributed by atoms with Gasteiger partial charge in [-0.05, 0) is 42.5 Å². The second-order valence-electron chi connectivity index (χ2n) is 7.68. The van der Waals surface area contributed by atoms with E-state index in [1.54, 1.807) is 6.20 Å². The van der Waals surface area contributed by atoms with Crippen LogP contribution in [0.25, 0.3) is 22.9 Å². The minimum absolute atomic E-state index is 0.120. The molecule has 1 aliphatic carbocycles. The second-order valence-corrected chi connectivity index (χ2v) is 8.12. The fraction of sp³-hybridized carbons (Fsp3) is 0.160. The van der Waals surface area contributed by atoms with Gasteiger partial charge in [-0.2, -0.15) is 5.10 Å². The van der Waals surface area contributed by atoms with E-state index in [4.69, 9.17) is 16.7 Å². The summed E-state index contributed by atoms with van der Waals surface area (Å²) in [6.07, 6.45) is 7.19. The van der Waals surface area contributed by atoms with Gasteiger partial charge in [0.15, 0.2) is 11.4 Å². The Balaban J connectivity index is 1.56. The molecule has 2 aromatic heterocycles. The van der Waals surface area contributed by atoms with E-state index in [9.17, 15) is 4.79 Å². The first kappa shape index (κ1) is 18.8. The first-order valence-corrected chi connectivity index (χ1v) is 10.4. The van der Waals surface area contributed by atoms with E-state index in [0.29, 0.717) is 17.0 Å². The number of carbonyl (C=O) groups is 1. The van der Waals surface area contributed by atoms with Gasteiger partial charge in [0.1, 0.15) is 0 Å². The molecule has 1 atom stereocenters. The molecule has 4 nitrogen and oxygen atoms in total. The van der Waals surface area contributed by atoms with Crippen molar-refractivity contribution in [3.8, 4) is 11.1 Å². The summed E-state index contributed by atoms with van der Waals surface area (Å²) >= 11 is 6.05. The zero-order chi connectivity index (χ0) is 20.7. The lowest BCUT2D eigenvalue weighted by atomic mass is 9.86. The maximum atomic E-state index is 12.8. The van der Waals surface area contributed by atoms with Crippen LogP contribution in [-0.4, -0.2) is 20.4 Å². The summed E-state index contributed by atoms with van der Waals surface area (Å²) in [6, 6.07) is 17.8. The molecule has 0 amide bonds. The number of aryl methyl sites for hydroxylation is 1. The molecule has 5 rings (SSSR count). The first-order chi connectivity index (χ1) is 14.6. The van der Waals surface area contributed by atoms with Crippen molar-refractivity contribution in [2.45, 2.75) is 19.8 Å². The van der Waals surface area contributed by atoms with Crippen LogP contribution in [0.1, 0.15) is 33.7 Å². The van der Waals surface area contributed by atoms with Gasteiger partial charge in [0, 0.05) is 23.2 Å². The van der Waals surface area contributed by atoms with E-state index < -0.39 is 0 Å². The lowest BCUT2D eigenvalue weighted by Crippen LogP contribution is -2.22. The highest BCUT2D eigenvalue weighted by Crippen LogP contribution is 2.32. The van der Waals surface area contributed by atoms with Gasteiger partial charge < -0.3 is 0 Å². The molecule has 0 N–H and O–H groups in total. The van der Waals surface area contributed by atoms with E-state index >= 15 is 0 Å². The van der Waals surface area contributed by atoms with Crippen molar-refractivity contribution in [2.24, 2.45) is 5.92 Å². The molecule has 1 unspecified atom stereocenters. The van der Waals surface area contributed by atoms with Crippen LogP contribution in [0.2, 0.25) is 5.02 Å². The van der Waals surface area contributed by atoms with E-state index in [-0.39, 0.29) is 11.7 Å². The summed E-state index contributed by atoms with van der Waals surface area (Å²) in [4.78, 5) is 17.4. The van der Waals surface area contributed by atoms with Crippen molar-refractivity contribution in [3.05, 3.63) is 94.4 Å². The first-order valence-electron chi connectivity index (χ1n) is 10.00. The maximum absolute atomic E-state index is 12.8. The fourth-order valence-electron chi connectivity index (χ4n) is 4.14. The summed E-state index contributed by atoms with van der Waals surface area (Å²) in [5.41, 5.74) is 6.39. The van der Waals surface area contributed by atoms with Crippen molar-refractivity contribution in [1.82, 2.24) is 14.6 Å². The number of nitrogens with zero attached hydrogens (tertiary/aromatic N) is 3. The number of benzene rings is 2. The standard InChI is InChI=1S/C25H20ClN3O/c1-16-24(19-9-11-20(26)12-10-19)25-27-15-21-22(29(25)28-16)13-18(14-23(21)30)8-7-17-5-3-2-4-6-17/h2-12,15,18H,13-14H2,1H3/b8-7+. The molecule has 4 aromatic rings. The zero-order valence-electron chi connectivity index (χ0n) is 16.5. The topological polar surface area (TPSA) is 47.3 Å². The van der Waals surface area contributed by atoms with E-state index in [1.165, 1.54) is 0 Å². The lowest BCUT2D eigenvalue weighted by molar-refractivity contribution is 0.0957. The van der Waals surface area contributed by atoms with Crippen LogP contribution in [0.4, 0.5) is 0 Å². The van der Waals surface area contributed by atoms with Crippen molar-refractivity contribution in [3.63, 3.8) is 0 Å². The van der Waals surface area contributed by atoms with Crippen LogP contribution in [0, 0.1) is 12.8 Å². The summed E-state index contributed by atoms with van der Waals surface area (Å²) in [5.74, 6) is 0.258. The van der Waals surface area contributed by atoms with Gasteiger partial charge in [0.05, 0.1) is 17.0 Å². The van der Waals surface area contributed by atoms with Crippen LogP contribution < -0.4 is 0 Å². The third kappa shape index (κ3) is 3.33. The second kappa shape index (κ2) is 7.54. The Morgan fingerprint density at radius 2 is 1.83 bits per heavy atom. The molecule has 1 aliphatic rings. The van der Waals surface area contributed by atoms with Crippen LogP contribution in [-0.2, 0) is 6.42 Å². The minimum atomic E-state index is 0.120. The average Bonchev–Trinajstić information content (AvgIpc) is 3.10. The molecule has 30 heavy (non-hydrogen) atoms. The molecule has 0 aliphatic heterocycles. The SMILES string of the molecule is Cc1nn2c3c(cnc2c1-c1ccc(Cl)cc1)C(=O)CC(/C=C/c1ccccc1)C3. The highest BCUT2D eigenvalue weighted by atomic mass is 35.5. The number of halogens is 1. The van der Waals surface area contributed by atoms with Crippen LogP contribution >= 0.6 is 11.6 Å². The van der Waals surface area contributed by atoms with Crippen molar-refractivity contribution in [1.29, 1.82) is 0 Å². The number of aromatic nitrogens is 3. The third-order valence-electron chi connectivity index (χ3n) is 5.62. The molecular weight excluding hydrogens is 394 g/mol. The van der Waals surface area contributed by atoms with Crippen LogP contribution in [0.5, 0.6) is 0 Å². The Kier molecular flexibility index (Phi) is 4.72. The van der Waals surface area contributed by atoms with Gasteiger partial charge >= 0.3 is 0 Å². The Morgan fingerprint density at radius 1 is 1.07 bits per heavy atom. The number of ketones is 1. The highest BCUT2D eigenvalue weighted by Gasteiger charge is 2.28. The van der Waals surface area contributed by atoms with E-state index in [0.717, 1.165) is 40.1 Å². The number of hydrogen-bond acceptors (Lipinski definition) is 3. The normalized spacial score (nSPS) is 16.3. The molecule has 5 heteroatoms. The number of carbonyl (C=O) groups excluding carboxylic acids is 1. The summed E-state index contributed by atoms with van der Waals surface area (Å²) in [5, 5.41) is 5.45. The number of Topliss-reactive ketones (excluding diaryl/α,β-unsaturated/α-hetero) is 1. The van der Waals surface area contributed by atoms with Gasteiger partial charge in [-0.1, -0.05) is 66.2 Å². The lowest BCUT2D eigenvalue weighted by Gasteiger charge is -2.21. The number of hydrogen-bond donors (Lipinski definition) is 0.